The van der Waals surface area contributed by atoms with Crippen molar-refractivity contribution in [1.29, 1.82) is 0 Å². The molecule has 1 saturated heterocycles. The third kappa shape index (κ3) is 5.17. The Morgan fingerprint density at radius 1 is 1.34 bits per heavy atom. The van der Waals surface area contributed by atoms with Crippen LogP contribution >= 0.6 is 0 Å². The molecule has 1 aromatic heterocycles. The lowest BCUT2D eigenvalue weighted by molar-refractivity contribution is 0.0822. The van der Waals surface area contributed by atoms with Gasteiger partial charge in [-0.3, -0.25) is 4.79 Å². The second kappa shape index (κ2) is 9.97. The first-order valence-electron chi connectivity index (χ1n) is 10.8. The molecule has 0 bridgehead atoms. The molecule has 2 unspecified atom stereocenters. The maximum Gasteiger partial charge on any atom is 0.268 e. The van der Waals surface area contributed by atoms with E-state index in [1.54, 1.807) is 24.4 Å². The third-order valence-corrected chi connectivity index (χ3v) is 5.75. The summed E-state index contributed by atoms with van der Waals surface area (Å²) in [7, 11) is 0. The average molecular weight is 441 g/mol. The van der Waals surface area contributed by atoms with Gasteiger partial charge in [-0.05, 0) is 54.7 Å². The van der Waals surface area contributed by atoms with Gasteiger partial charge in [0.15, 0.2) is 5.96 Å². The summed E-state index contributed by atoms with van der Waals surface area (Å²) in [5.74, 6) is 0.0404. The number of guanidine groups is 1. The molecule has 1 fully saturated rings. The molecule has 0 aliphatic carbocycles. The highest BCUT2D eigenvalue weighted by molar-refractivity contribution is 5.93. The van der Waals surface area contributed by atoms with Crippen molar-refractivity contribution in [3.8, 4) is 0 Å². The number of hydrogen-bond donors (Lipinski definition) is 5. The highest BCUT2D eigenvalue weighted by atomic mass is 19.1. The van der Waals surface area contributed by atoms with Crippen LogP contribution in [0.15, 0.2) is 53.3 Å². The smallest absolute Gasteiger partial charge is 0.268 e. The lowest BCUT2D eigenvalue weighted by Gasteiger charge is -2.27. The molecule has 2 aromatic rings. The Morgan fingerprint density at radius 3 is 2.91 bits per heavy atom. The van der Waals surface area contributed by atoms with Gasteiger partial charge in [0.1, 0.15) is 17.6 Å². The Morgan fingerprint density at radius 2 is 2.16 bits per heavy atom. The van der Waals surface area contributed by atoms with Crippen LogP contribution in [-0.4, -0.2) is 42.7 Å². The zero-order valence-electron chi connectivity index (χ0n) is 18.0. The molecular weight excluding hydrogens is 411 g/mol. The van der Waals surface area contributed by atoms with E-state index in [9.17, 15) is 9.18 Å². The number of benzene rings is 1. The number of hydrogen-bond acceptors (Lipinski definition) is 6. The SMILES string of the molecule is CC1=CNC(NC2CCOCC2)=NC1c1c[nH]c(C(=O)NC(CN)c2cccc(F)c2)c1. The van der Waals surface area contributed by atoms with E-state index in [1.165, 1.54) is 12.1 Å². The molecule has 4 rings (SSSR count). The van der Waals surface area contributed by atoms with Gasteiger partial charge < -0.3 is 31.4 Å². The van der Waals surface area contributed by atoms with E-state index in [0.29, 0.717) is 23.3 Å². The lowest BCUT2D eigenvalue weighted by Crippen LogP contribution is -2.45. The van der Waals surface area contributed by atoms with Gasteiger partial charge in [-0.15, -0.1) is 0 Å². The average Bonchev–Trinajstić information content (AvgIpc) is 3.29. The Hall–Kier alpha value is -3.17. The van der Waals surface area contributed by atoms with Gasteiger partial charge in [0, 0.05) is 38.2 Å². The van der Waals surface area contributed by atoms with Crippen molar-refractivity contribution in [2.45, 2.75) is 37.9 Å². The maximum atomic E-state index is 13.6. The van der Waals surface area contributed by atoms with Crippen molar-refractivity contribution >= 4 is 11.9 Å². The number of amides is 1. The Balaban J connectivity index is 1.45. The van der Waals surface area contributed by atoms with Crippen LogP contribution in [0.25, 0.3) is 0 Å². The van der Waals surface area contributed by atoms with E-state index in [2.05, 4.69) is 20.9 Å². The van der Waals surface area contributed by atoms with Crippen molar-refractivity contribution in [3.05, 3.63) is 70.9 Å². The van der Waals surface area contributed by atoms with Gasteiger partial charge in [0.05, 0.1) is 6.04 Å². The summed E-state index contributed by atoms with van der Waals surface area (Å²) in [6.07, 6.45) is 5.60. The third-order valence-electron chi connectivity index (χ3n) is 5.75. The van der Waals surface area contributed by atoms with E-state index in [-0.39, 0.29) is 24.3 Å². The minimum atomic E-state index is -0.487. The van der Waals surface area contributed by atoms with Crippen molar-refractivity contribution in [2.24, 2.45) is 10.7 Å². The summed E-state index contributed by atoms with van der Waals surface area (Å²) in [5, 5.41) is 9.52. The van der Waals surface area contributed by atoms with Crippen LogP contribution in [0, 0.1) is 5.82 Å². The monoisotopic (exact) mass is 440 g/mol. The van der Waals surface area contributed by atoms with E-state index in [1.807, 2.05) is 13.1 Å². The molecule has 6 N–H and O–H groups in total. The van der Waals surface area contributed by atoms with E-state index in [4.69, 9.17) is 15.5 Å². The first kappa shape index (κ1) is 22.0. The molecule has 1 aromatic carbocycles. The van der Waals surface area contributed by atoms with Crippen molar-refractivity contribution < 1.29 is 13.9 Å². The van der Waals surface area contributed by atoms with Crippen LogP contribution in [0.1, 0.15) is 53.5 Å². The van der Waals surface area contributed by atoms with Gasteiger partial charge in [0.25, 0.3) is 5.91 Å². The molecular formula is C23H29FN6O2. The fourth-order valence-electron chi connectivity index (χ4n) is 3.92. The normalized spacial score (nSPS) is 20.0. The Kier molecular flexibility index (Phi) is 6.87. The highest BCUT2D eigenvalue weighted by Crippen LogP contribution is 2.28. The topological polar surface area (TPSA) is 117 Å². The number of aliphatic imine (C=N–C) groups is 1. The molecule has 8 nitrogen and oxygen atoms in total. The van der Waals surface area contributed by atoms with Gasteiger partial charge in [-0.1, -0.05) is 12.1 Å². The molecule has 170 valence electrons. The second-order valence-electron chi connectivity index (χ2n) is 8.11. The van der Waals surface area contributed by atoms with Crippen molar-refractivity contribution in [3.63, 3.8) is 0 Å². The second-order valence-corrected chi connectivity index (χ2v) is 8.11. The van der Waals surface area contributed by atoms with Crippen molar-refractivity contribution in [1.82, 2.24) is 20.9 Å². The number of carbonyl (C=O) groups is 1. The number of nitrogens with zero attached hydrogens (tertiary/aromatic N) is 1. The first-order chi connectivity index (χ1) is 15.5. The predicted octanol–water partition coefficient (Wildman–Crippen LogP) is 2.26. The molecule has 3 heterocycles. The molecule has 2 aliphatic rings. The summed E-state index contributed by atoms with van der Waals surface area (Å²) < 4.78 is 19.0. The number of ether oxygens (including phenoxy) is 1. The maximum absolute atomic E-state index is 13.6. The molecule has 2 atom stereocenters. The Bertz CT molecular complexity index is 1010. The summed E-state index contributed by atoms with van der Waals surface area (Å²) in [6.45, 7) is 3.65. The molecule has 0 saturated carbocycles. The van der Waals surface area contributed by atoms with Crippen LogP contribution in [-0.2, 0) is 4.74 Å². The minimum Gasteiger partial charge on any atom is -0.381 e. The number of aromatic amines is 1. The van der Waals surface area contributed by atoms with Gasteiger partial charge >= 0.3 is 0 Å². The van der Waals surface area contributed by atoms with Crippen LogP contribution in [0.3, 0.4) is 0 Å². The lowest BCUT2D eigenvalue weighted by atomic mass is 10.0. The summed E-state index contributed by atoms with van der Waals surface area (Å²) in [5.41, 5.74) is 8.76. The Labute approximate surface area is 186 Å². The van der Waals surface area contributed by atoms with E-state index < -0.39 is 6.04 Å². The van der Waals surface area contributed by atoms with Gasteiger partial charge in [-0.2, -0.15) is 0 Å². The fraction of sp³-hybridized carbons (Fsp3) is 0.391. The zero-order chi connectivity index (χ0) is 22.5. The zero-order valence-corrected chi connectivity index (χ0v) is 18.0. The number of H-pyrrole nitrogens is 1. The minimum absolute atomic E-state index is 0.157. The quantitative estimate of drug-likeness (QED) is 0.472. The standard InChI is InChI=1S/C23H29FN6O2/c1-14-12-27-23(28-18-5-7-32-8-6-18)30-21(14)16-10-19(26-13-16)22(31)29-20(11-25)15-3-2-4-17(24)9-15/h2-4,9-10,12-13,18,20-21,26H,5-8,11,25H2,1H3,(H,29,31)(H2,27,28,30). The molecule has 9 heteroatoms. The van der Waals surface area contributed by atoms with Crippen LogP contribution < -0.4 is 21.7 Å². The summed E-state index contributed by atoms with van der Waals surface area (Å²) in [4.78, 5) is 20.6. The molecule has 0 radical (unpaired) electrons. The number of nitrogens with two attached hydrogens (primary N) is 1. The van der Waals surface area contributed by atoms with Crippen molar-refractivity contribution in [2.75, 3.05) is 19.8 Å². The summed E-state index contributed by atoms with van der Waals surface area (Å²) in [6, 6.07) is 7.50. The molecule has 2 aliphatic heterocycles. The van der Waals surface area contributed by atoms with Gasteiger partial charge in [-0.25, -0.2) is 9.38 Å². The molecule has 0 spiro atoms. The molecule has 1 amide bonds. The van der Waals surface area contributed by atoms with E-state index >= 15 is 0 Å². The van der Waals surface area contributed by atoms with Crippen LogP contribution in [0.2, 0.25) is 0 Å². The van der Waals surface area contributed by atoms with Crippen LogP contribution in [0.4, 0.5) is 4.39 Å². The predicted molar refractivity (Wildman–Crippen MR) is 120 cm³/mol. The van der Waals surface area contributed by atoms with Crippen LogP contribution in [0.5, 0.6) is 0 Å². The number of rotatable bonds is 6. The number of nitrogens with one attached hydrogen (secondary N) is 4. The highest BCUT2D eigenvalue weighted by Gasteiger charge is 2.23. The summed E-state index contributed by atoms with van der Waals surface area (Å²) >= 11 is 0. The number of aromatic nitrogens is 1. The first-order valence-corrected chi connectivity index (χ1v) is 10.8. The largest absolute Gasteiger partial charge is 0.381 e. The number of carbonyl (C=O) groups excluding carboxylic acids is 1. The fourth-order valence-corrected chi connectivity index (χ4v) is 3.92. The number of halogens is 1. The van der Waals surface area contributed by atoms with E-state index in [0.717, 1.165) is 37.2 Å². The van der Waals surface area contributed by atoms with Gasteiger partial charge in [0.2, 0.25) is 0 Å². The molecule has 32 heavy (non-hydrogen) atoms.